The Hall–Kier alpha value is -2.10. The zero-order chi connectivity index (χ0) is 12.7. The Bertz CT molecular complexity index is 438. The van der Waals surface area contributed by atoms with E-state index in [1.54, 1.807) is 24.3 Å². The van der Waals surface area contributed by atoms with E-state index in [4.69, 9.17) is 5.11 Å². The predicted octanol–water partition coefficient (Wildman–Crippen LogP) is 1.92. The molecule has 0 heterocycles. The summed E-state index contributed by atoms with van der Waals surface area (Å²) in [5.74, 6) is -1.15. The molecule has 0 atom stereocenters. The van der Waals surface area contributed by atoms with Crippen molar-refractivity contribution in [2.75, 3.05) is 6.54 Å². The molecule has 1 amide bonds. The maximum absolute atomic E-state index is 11.6. The monoisotopic (exact) mass is 233 g/mol. The fourth-order valence-electron chi connectivity index (χ4n) is 1.29. The Morgan fingerprint density at radius 1 is 1.41 bits per heavy atom. The second kappa shape index (κ2) is 6.48. The van der Waals surface area contributed by atoms with Crippen LogP contribution in [0.3, 0.4) is 0 Å². The fraction of sp³-hybridized carbons (Fsp3) is 0.231. The molecule has 4 heteroatoms. The van der Waals surface area contributed by atoms with Gasteiger partial charge in [0.1, 0.15) is 0 Å². The molecule has 0 fully saturated rings. The normalized spacial score (nSPS) is 10.4. The maximum Gasteiger partial charge on any atom is 0.328 e. The first-order valence-corrected chi connectivity index (χ1v) is 5.42. The van der Waals surface area contributed by atoms with E-state index in [-0.39, 0.29) is 5.91 Å². The first-order chi connectivity index (χ1) is 8.13. The average Bonchev–Trinajstić information content (AvgIpc) is 2.33. The molecular weight excluding hydrogens is 218 g/mol. The van der Waals surface area contributed by atoms with Gasteiger partial charge in [-0.1, -0.05) is 19.1 Å². The number of rotatable bonds is 5. The number of amides is 1. The fourth-order valence-corrected chi connectivity index (χ4v) is 1.29. The summed E-state index contributed by atoms with van der Waals surface area (Å²) in [7, 11) is 0. The first-order valence-electron chi connectivity index (χ1n) is 5.42. The standard InChI is InChI=1S/C13H15NO3/c1-2-8-14-13(17)11-5-3-4-10(9-11)6-7-12(15)16/h3-7,9H,2,8H2,1H3,(H,14,17)(H,15,16). The van der Waals surface area contributed by atoms with E-state index in [1.807, 2.05) is 6.92 Å². The molecule has 90 valence electrons. The Labute approximate surface area is 100.0 Å². The van der Waals surface area contributed by atoms with Crippen LogP contribution >= 0.6 is 0 Å². The first kappa shape index (κ1) is 13.0. The van der Waals surface area contributed by atoms with Gasteiger partial charge in [-0.15, -0.1) is 0 Å². The third-order valence-electron chi connectivity index (χ3n) is 2.10. The highest BCUT2D eigenvalue weighted by atomic mass is 16.4. The van der Waals surface area contributed by atoms with Crippen molar-refractivity contribution in [1.29, 1.82) is 0 Å². The van der Waals surface area contributed by atoms with Crippen LogP contribution in [-0.2, 0) is 4.79 Å². The molecule has 1 rings (SSSR count). The number of aliphatic carboxylic acids is 1. The van der Waals surface area contributed by atoms with Gasteiger partial charge in [-0.25, -0.2) is 4.79 Å². The van der Waals surface area contributed by atoms with Crippen LogP contribution in [0.2, 0.25) is 0 Å². The van der Waals surface area contributed by atoms with E-state index in [2.05, 4.69) is 5.32 Å². The molecule has 0 bridgehead atoms. The Kier molecular flexibility index (Phi) is 4.94. The summed E-state index contributed by atoms with van der Waals surface area (Å²) in [4.78, 5) is 22.0. The summed E-state index contributed by atoms with van der Waals surface area (Å²) >= 11 is 0. The van der Waals surface area contributed by atoms with Gasteiger partial charge in [-0.05, 0) is 30.2 Å². The zero-order valence-corrected chi connectivity index (χ0v) is 9.64. The van der Waals surface area contributed by atoms with Gasteiger partial charge in [-0.2, -0.15) is 0 Å². The number of nitrogens with one attached hydrogen (secondary N) is 1. The summed E-state index contributed by atoms with van der Waals surface area (Å²) < 4.78 is 0. The number of carbonyl (C=O) groups is 2. The number of hydrogen-bond donors (Lipinski definition) is 2. The number of carboxylic acids is 1. The van der Waals surface area contributed by atoms with Crippen molar-refractivity contribution in [2.45, 2.75) is 13.3 Å². The third kappa shape index (κ3) is 4.51. The van der Waals surface area contributed by atoms with Crippen LogP contribution in [0.1, 0.15) is 29.3 Å². The number of benzene rings is 1. The van der Waals surface area contributed by atoms with Crippen LogP contribution in [-0.4, -0.2) is 23.5 Å². The molecule has 1 aromatic rings. The molecule has 1 aromatic carbocycles. The lowest BCUT2D eigenvalue weighted by Crippen LogP contribution is -2.23. The van der Waals surface area contributed by atoms with Crippen LogP contribution in [0.15, 0.2) is 30.3 Å². The molecule has 4 nitrogen and oxygen atoms in total. The third-order valence-corrected chi connectivity index (χ3v) is 2.10. The molecule has 0 spiro atoms. The lowest BCUT2D eigenvalue weighted by atomic mass is 10.1. The van der Waals surface area contributed by atoms with Crippen molar-refractivity contribution in [3.8, 4) is 0 Å². The van der Waals surface area contributed by atoms with Gasteiger partial charge < -0.3 is 10.4 Å². The van der Waals surface area contributed by atoms with Gasteiger partial charge in [0.15, 0.2) is 0 Å². The van der Waals surface area contributed by atoms with E-state index < -0.39 is 5.97 Å². The van der Waals surface area contributed by atoms with E-state index in [0.29, 0.717) is 17.7 Å². The van der Waals surface area contributed by atoms with E-state index in [1.165, 1.54) is 6.08 Å². The molecule has 0 saturated carbocycles. The minimum Gasteiger partial charge on any atom is -0.478 e. The van der Waals surface area contributed by atoms with Crippen molar-refractivity contribution < 1.29 is 14.7 Å². The molecule has 0 aliphatic heterocycles. The highest BCUT2D eigenvalue weighted by Crippen LogP contribution is 2.07. The van der Waals surface area contributed by atoms with E-state index >= 15 is 0 Å². The average molecular weight is 233 g/mol. The number of carboxylic acid groups (broad SMARTS) is 1. The SMILES string of the molecule is CCCNC(=O)c1cccc(C=CC(=O)O)c1. The van der Waals surface area contributed by atoms with Crippen molar-refractivity contribution >= 4 is 18.0 Å². The molecule has 17 heavy (non-hydrogen) atoms. The highest BCUT2D eigenvalue weighted by Gasteiger charge is 2.03. The predicted molar refractivity (Wildman–Crippen MR) is 65.7 cm³/mol. The largest absolute Gasteiger partial charge is 0.478 e. The van der Waals surface area contributed by atoms with Gasteiger partial charge in [-0.3, -0.25) is 4.79 Å². The molecule has 2 N–H and O–H groups in total. The molecule has 0 aliphatic carbocycles. The minimum absolute atomic E-state index is 0.141. The lowest BCUT2D eigenvalue weighted by Gasteiger charge is -2.03. The lowest BCUT2D eigenvalue weighted by molar-refractivity contribution is -0.131. The second-order valence-corrected chi connectivity index (χ2v) is 3.55. The molecule has 0 radical (unpaired) electrons. The van der Waals surface area contributed by atoms with Crippen LogP contribution < -0.4 is 5.32 Å². The molecule has 0 saturated heterocycles. The van der Waals surface area contributed by atoms with Crippen molar-refractivity contribution in [2.24, 2.45) is 0 Å². The summed E-state index contributed by atoms with van der Waals surface area (Å²) in [6.45, 7) is 2.61. The Morgan fingerprint density at radius 2 is 2.18 bits per heavy atom. The maximum atomic E-state index is 11.6. The van der Waals surface area contributed by atoms with Crippen LogP contribution in [0.4, 0.5) is 0 Å². The molecule has 0 aromatic heterocycles. The summed E-state index contributed by atoms with van der Waals surface area (Å²) in [6.07, 6.45) is 3.38. The summed E-state index contributed by atoms with van der Waals surface area (Å²) in [5, 5.41) is 11.3. The Balaban J connectivity index is 2.78. The van der Waals surface area contributed by atoms with Crippen molar-refractivity contribution in [3.05, 3.63) is 41.5 Å². The quantitative estimate of drug-likeness (QED) is 0.763. The Morgan fingerprint density at radius 3 is 2.82 bits per heavy atom. The zero-order valence-electron chi connectivity index (χ0n) is 9.64. The van der Waals surface area contributed by atoms with Crippen LogP contribution in [0.25, 0.3) is 6.08 Å². The molecule has 0 aliphatic rings. The summed E-state index contributed by atoms with van der Waals surface area (Å²) in [6, 6.07) is 6.83. The van der Waals surface area contributed by atoms with Crippen molar-refractivity contribution in [1.82, 2.24) is 5.32 Å². The van der Waals surface area contributed by atoms with Crippen molar-refractivity contribution in [3.63, 3.8) is 0 Å². The molecule has 0 unspecified atom stereocenters. The smallest absolute Gasteiger partial charge is 0.328 e. The molecular formula is C13H15NO3. The van der Waals surface area contributed by atoms with E-state index in [0.717, 1.165) is 12.5 Å². The minimum atomic E-state index is -1.01. The van der Waals surface area contributed by atoms with Crippen LogP contribution in [0, 0.1) is 0 Å². The van der Waals surface area contributed by atoms with Gasteiger partial charge in [0.25, 0.3) is 5.91 Å². The number of hydrogen-bond acceptors (Lipinski definition) is 2. The summed E-state index contributed by atoms with van der Waals surface area (Å²) in [5.41, 5.74) is 1.22. The van der Waals surface area contributed by atoms with Crippen LogP contribution in [0.5, 0.6) is 0 Å². The van der Waals surface area contributed by atoms with Gasteiger partial charge >= 0.3 is 5.97 Å². The van der Waals surface area contributed by atoms with Gasteiger partial charge in [0, 0.05) is 18.2 Å². The van der Waals surface area contributed by atoms with E-state index in [9.17, 15) is 9.59 Å². The van der Waals surface area contributed by atoms with Gasteiger partial charge in [0.05, 0.1) is 0 Å². The second-order valence-electron chi connectivity index (χ2n) is 3.55. The highest BCUT2D eigenvalue weighted by molar-refractivity contribution is 5.95. The topological polar surface area (TPSA) is 66.4 Å². The van der Waals surface area contributed by atoms with Gasteiger partial charge in [0.2, 0.25) is 0 Å². The number of carbonyl (C=O) groups excluding carboxylic acids is 1.